The molecular weight excluding hydrogens is 312 g/mol. The van der Waals surface area contributed by atoms with Gasteiger partial charge in [-0.2, -0.15) is 0 Å². The summed E-state index contributed by atoms with van der Waals surface area (Å²) in [5.41, 5.74) is 3.84. The van der Waals surface area contributed by atoms with Crippen molar-refractivity contribution >= 4 is 11.8 Å². The molecule has 0 aromatic heterocycles. The van der Waals surface area contributed by atoms with Gasteiger partial charge in [-0.15, -0.1) is 0 Å². The summed E-state index contributed by atoms with van der Waals surface area (Å²) < 4.78 is 0. The smallest absolute Gasteiger partial charge is 0.240 e. The number of imide groups is 1. The monoisotopic (exact) mass is 336 g/mol. The van der Waals surface area contributed by atoms with Crippen molar-refractivity contribution in [1.29, 1.82) is 0 Å². The van der Waals surface area contributed by atoms with Crippen LogP contribution in [0.1, 0.15) is 31.2 Å². The number of nitrogens with zero attached hydrogens (tertiary/aromatic N) is 1. The number of likely N-dealkylation sites (tertiary alicyclic amines) is 1. The number of carbonyl (C=O) groups excluding carboxylic acids is 2. The highest BCUT2D eigenvalue weighted by Gasteiger charge is 2.22. The Hall–Kier alpha value is -2.46. The molecule has 2 aromatic carbocycles. The maximum absolute atomic E-state index is 11.7. The fourth-order valence-corrected chi connectivity index (χ4v) is 3.44. The number of hydrogen-bond donors (Lipinski definition) is 1. The standard InChI is InChI=1S/C21H24N2O2/c1-16(24)22-21(25)15-23-13-11-20(12-14-23)19-9-7-18(8-10-19)17-5-3-2-4-6-17/h2-10,20H,11-15H2,1H3,(H,22,24,25). The van der Waals surface area contributed by atoms with E-state index in [1.807, 2.05) is 6.07 Å². The Morgan fingerprint density at radius 3 is 2.16 bits per heavy atom. The first-order chi connectivity index (χ1) is 12.1. The number of amides is 2. The Labute approximate surface area is 148 Å². The molecule has 1 heterocycles. The van der Waals surface area contributed by atoms with Gasteiger partial charge < -0.3 is 0 Å². The topological polar surface area (TPSA) is 49.4 Å². The minimum atomic E-state index is -0.293. The molecule has 0 unspecified atom stereocenters. The first-order valence-electron chi connectivity index (χ1n) is 8.80. The van der Waals surface area contributed by atoms with Gasteiger partial charge in [-0.1, -0.05) is 54.6 Å². The van der Waals surface area contributed by atoms with Crippen molar-refractivity contribution in [3.05, 3.63) is 60.2 Å². The van der Waals surface area contributed by atoms with Crippen molar-refractivity contribution in [2.24, 2.45) is 0 Å². The van der Waals surface area contributed by atoms with Gasteiger partial charge in [0.25, 0.3) is 0 Å². The van der Waals surface area contributed by atoms with Crippen LogP contribution in [0.4, 0.5) is 0 Å². The summed E-state index contributed by atoms with van der Waals surface area (Å²) in [6.07, 6.45) is 2.08. The number of rotatable bonds is 4. The molecule has 1 N–H and O–H groups in total. The quantitative estimate of drug-likeness (QED) is 0.933. The molecule has 1 fully saturated rings. The van der Waals surface area contributed by atoms with E-state index in [0.29, 0.717) is 12.5 Å². The van der Waals surface area contributed by atoms with Crippen LogP contribution in [-0.2, 0) is 9.59 Å². The zero-order valence-electron chi connectivity index (χ0n) is 14.6. The molecule has 25 heavy (non-hydrogen) atoms. The molecule has 130 valence electrons. The average molecular weight is 336 g/mol. The minimum absolute atomic E-state index is 0.210. The highest BCUT2D eigenvalue weighted by atomic mass is 16.2. The Balaban J connectivity index is 1.54. The second kappa shape index (κ2) is 8.08. The first kappa shape index (κ1) is 17.4. The van der Waals surface area contributed by atoms with E-state index < -0.39 is 0 Å². The molecule has 4 heteroatoms. The van der Waals surface area contributed by atoms with Crippen molar-refractivity contribution in [3.8, 4) is 11.1 Å². The average Bonchev–Trinajstić information content (AvgIpc) is 2.62. The predicted molar refractivity (Wildman–Crippen MR) is 99.1 cm³/mol. The lowest BCUT2D eigenvalue weighted by Gasteiger charge is -2.31. The third kappa shape index (κ3) is 4.77. The van der Waals surface area contributed by atoms with E-state index in [1.165, 1.54) is 23.6 Å². The lowest BCUT2D eigenvalue weighted by Crippen LogP contribution is -2.42. The number of carbonyl (C=O) groups is 2. The van der Waals surface area contributed by atoms with Crippen molar-refractivity contribution in [3.63, 3.8) is 0 Å². The molecule has 4 nitrogen and oxygen atoms in total. The molecule has 1 aliphatic rings. The van der Waals surface area contributed by atoms with Crippen LogP contribution in [0.25, 0.3) is 11.1 Å². The van der Waals surface area contributed by atoms with E-state index in [0.717, 1.165) is 25.9 Å². The largest absolute Gasteiger partial charge is 0.296 e. The molecule has 0 aliphatic carbocycles. The molecule has 1 aliphatic heterocycles. The van der Waals surface area contributed by atoms with Crippen LogP contribution in [0, 0.1) is 0 Å². The molecule has 2 aromatic rings. The second-order valence-corrected chi connectivity index (χ2v) is 6.64. The SMILES string of the molecule is CC(=O)NC(=O)CN1CCC(c2ccc(-c3ccccc3)cc2)CC1. The van der Waals surface area contributed by atoms with Crippen LogP contribution in [-0.4, -0.2) is 36.3 Å². The van der Waals surface area contributed by atoms with E-state index in [2.05, 4.69) is 58.7 Å². The van der Waals surface area contributed by atoms with Gasteiger partial charge in [-0.05, 0) is 48.5 Å². The number of hydrogen-bond acceptors (Lipinski definition) is 3. The summed E-state index contributed by atoms with van der Waals surface area (Å²) in [6, 6.07) is 19.2. The van der Waals surface area contributed by atoms with E-state index in [4.69, 9.17) is 0 Å². The Morgan fingerprint density at radius 2 is 1.56 bits per heavy atom. The summed E-state index contributed by atoms with van der Waals surface area (Å²) in [4.78, 5) is 24.7. The maximum Gasteiger partial charge on any atom is 0.240 e. The number of nitrogens with one attached hydrogen (secondary N) is 1. The van der Waals surface area contributed by atoms with Crippen molar-refractivity contribution < 1.29 is 9.59 Å². The Kier molecular flexibility index (Phi) is 5.61. The molecule has 0 saturated carbocycles. The lowest BCUT2D eigenvalue weighted by atomic mass is 9.88. The normalized spacial score (nSPS) is 15.7. The summed E-state index contributed by atoms with van der Waals surface area (Å²) in [5.74, 6) is 0.0356. The first-order valence-corrected chi connectivity index (χ1v) is 8.80. The third-order valence-corrected chi connectivity index (χ3v) is 4.76. The summed E-state index contributed by atoms with van der Waals surface area (Å²) in [6.45, 7) is 3.44. The molecule has 0 radical (unpaired) electrons. The van der Waals surface area contributed by atoms with Crippen molar-refractivity contribution in [2.75, 3.05) is 19.6 Å². The number of piperidine rings is 1. The summed E-state index contributed by atoms with van der Waals surface area (Å²) >= 11 is 0. The van der Waals surface area contributed by atoms with Crippen LogP contribution in [0.2, 0.25) is 0 Å². The van der Waals surface area contributed by atoms with E-state index in [-0.39, 0.29) is 11.8 Å². The van der Waals surface area contributed by atoms with Crippen LogP contribution in [0.5, 0.6) is 0 Å². The third-order valence-electron chi connectivity index (χ3n) is 4.76. The second-order valence-electron chi connectivity index (χ2n) is 6.64. The van der Waals surface area contributed by atoms with Crippen LogP contribution >= 0.6 is 0 Å². The van der Waals surface area contributed by atoms with Gasteiger partial charge in [0, 0.05) is 6.92 Å². The van der Waals surface area contributed by atoms with Gasteiger partial charge >= 0.3 is 0 Å². The zero-order valence-corrected chi connectivity index (χ0v) is 14.6. The van der Waals surface area contributed by atoms with Gasteiger partial charge in [0.05, 0.1) is 6.54 Å². The minimum Gasteiger partial charge on any atom is -0.296 e. The van der Waals surface area contributed by atoms with Gasteiger partial charge in [0.2, 0.25) is 11.8 Å². The lowest BCUT2D eigenvalue weighted by molar-refractivity contribution is -0.130. The van der Waals surface area contributed by atoms with Gasteiger partial charge in [-0.3, -0.25) is 19.8 Å². The van der Waals surface area contributed by atoms with Gasteiger partial charge in [-0.25, -0.2) is 0 Å². The zero-order chi connectivity index (χ0) is 17.6. The molecule has 0 bridgehead atoms. The molecule has 0 spiro atoms. The van der Waals surface area contributed by atoms with Crippen molar-refractivity contribution in [1.82, 2.24) is 10.2 Å². The fourth-order valence-electron chi connectivity index (χ4n) is 3.44. The van der Waals surface area contributed by atoms with Crippen LogP contribution in [0.15, 0.2) is 54.6 Å². The van der Waals surface area contributed by atoms with Crippen LogP contribution < -0.4 is 5.32 Å². The fraction of sp³-hybridized carbons (Fsp3) is 0.333. The summed E-state index contributed by atoms with van der Waals surface area (Å²) in [7, 11) is 0. The van der Waals surface area contributed by atoms with E-state index in [1.54, 1.807) is 0 Å². The Morgan fingerprint density at radius 1 is 0.960 bits per heavy atom. The predicted octanol–water partition coefficient (Wildman–Crippen LogP) is 3.20. The highest BCUT2D eigenvalue weighted by molar-refractivity contribution is 5.94. The molecule has 3 rings (SSSR count). The molecule has 0 atom stereocenters. The van der Waals surface area contributed by atoms with Crippen LogP contribution in [0.3, 0.4) is 0 Å². The number of benzene rings is 2. The van der Waals surface area contributed by atoms with Gasteiger partial charge in [0.1, 0.15) is 0 Å². The van der Waals surface area contributed by atoms with Gasteiger partial charge in [0.15, 0.2) is 0 Å². The Bertz CT molecular complexity index is 717. The highest BCUT2D eigenvalue weighted by Crippen LogP contribution is 2.29. The molecular formula is C21H24N2O2. The molecule has 1 saturated heterocycles. The van der Waals surface area contributed by atoms with E-state index in [9.17, 15) is 9.59 Å². The van der Waals surface area contributed by atoms with E-state index >= 15 is 0 Å². The van der Waals surface area contributed by atoms with Crippen molar-refractivity contribution in [2.45, 2.75) is 25.7 Å². The maximum atomic E-state index is 11.7. The molecule has 2 amide bonds. The summed E-state index contributed by atoms with van der Waals surface area (Å²) in [5, 5.41) is 2.34.